The van der Waals surface area contributed by atoms with Gasteiger partial charge in [0.05, 0.1) is 17.1 Å². The van der Waals surface area contributed by atoms with Crippen LogP contribution >= 0.6 is 0 Å². The molecule has 0 atom stereocenters. The highest BCUT2D eigenvalue weighted by Crippen LogP contribution is 2.19. The summed E-state index contributed by atoms with van der Waals surface area (Å²) >= 11 is 0. The molecule has 80 valence electrons. The molecule has 0 amide bonds. The summed E-state index contributed by atoms with van der Waals surface area (Å²) in [6, 6.07) is 1.25. The van der Waals surface area contributed by atoms with E-state index in [9.17, 15) is 14.9 Å². The number of esters is 1. The topological polar surface area (TPSA) is 82.3 Å². The summed E-state index contributed by atoms with van der Waals surface area (Å²) < 4.78 is 4.72. The van der Waals surface area contributed by atoms with E-state index in [4.69, 9.17) is 4.74 Å². The van der Waals surface area contributed by atoms with Crippen molar-refractivity contribution in [3.63, 3.8) is 0 Å². The van der Waals surface area contributed by atoms with Gasteiger partial charge in [-0.15, -0.1) is 0 Å². The van der Waals surface area contributed by atoms with Crippen molar-refractivity contribution in [1.82, 2.24) is 4.98 Å². The van der Waals surface area contributed by atoms with E-state index >= 15 is 0 Å². The molecule has 0 aliphatic heterocycles. The molecule has 15 heavy (non-hydrogen) atoms. The van der Waals surface area contributed by atoms with Crippen molar-refractivity contribution in [2.24, 2.45) is 0 Å². The number of aromatic nitrogens is 1. The summed E-state index contributed by atoms with van der Waals surface area (Å²) in [4.78, 5) is 25.1. The van der Waals surface area contributed by atoms with Gasteiger partial charge in [-0.25, -0.2) is 9.78 Å². The Labute approximate surface area is 86.0 Å². The third-order valence-corrected chi connectivity index (χ3v) is 1.84. The van der Waals surface area contributed by atoms with Crippen LogP contribution in [0.3, 0.4) is 0 Å². The maximum atomic E-state index is 11.3. The van der Waals surface area contributed by atoms with Crippen LogP contribution in [-0.4, -0.2) is 22.5 Å². The predicted octanol–water partition coefficient (Wildman–Crippen LogP) is 1.47. The Morgan fingerprint density at radius 1 is 1.67 bits per heavy atom. The SMILES string of the molecule is CCOC(=O)c1nccc([N+](=O)[O-])c1C. The van der Waals surface area contributed by atoms with E-state index in [0.29, 0.717) is 0 Å². The Bertz CT molecular complexity index is 403. The summed E-state index contributed by atoms with van der Waals surface area (Å²) in [5.41, 5.74) is 0.0834. The Morgan fingerprint density at radius 2 is 2.33 bits per heavy atom. The molecule has 0 saturated carbocycles. The van der Waals surface area contributed by atoms with Crippen LogP contribution in [0.2, 0.25) is 0 Å². The molecule has 1 aromatic rings. The van der Waals surface area contributed by atoms with Gasteiger partial charge < -0.3 is 4.74 Å². The second-order valence-electron chi connectivity index (χ2n) is 2.78. The lowest BCUT2D eigenvalue weighted by Gasteiger charge is -2.03. The van der Waals surface area contributed by atoms with Crippen molar-refractivity contribution in [3.05, 3.63) is 33.6 Å². The van der Waals surface area contributed by atoms with Crippen LogP contribution in [0.25, 0.3) is 0 Å². The van der Waals surface area contributed by atoms with Gasteiger partial charge in [-0.1, -0.05) is 0 Å². The zero-order chi connectivity index (χ0) is 11.4. The van der Waals surface area contributed by atoms with Gasteiger partial charge in [-0.3, -0.25) is 10.1 Å². The zero-order valence-corrected chi connectivity index (χ0v) is 8.39. The minimum Gasteiger partial charge on any atom is -0.461 e. The maximum Gasteiger partial charge on any atom is 0.357 e. The largest absolute Gasteiger partial charge is 0.461 e. The van der Waals surface area contributed by atoms with Gasteiger partial charge in [-0.05, 0) is 13.8 Å². The monoisotopic (exact) mass is 210 g/mol. The molecule has 0 aromatic carbocycles. The molecule has 0 fully saturated rings. The van der Waals surface area contributed by atoms with Crippen molar-refractivity contribution in [3.8, 4) is 0 Å². The Kier molecular flexibility index (Phi) is 3.33. The molecule has 0 saturated heterocycles. The first-order valence-corrected chi connectivity index (χ1v) is 4.35. The molecule has 6 nitrogen and oxygen atoms in total. The molecular formula is C9H10N2O4. The first kappa shape index (κ1) is 11.1. The Hall–Kier alpha value is -1.98. The minimum absolute atomic E-state index is 0.00829. The van der Waals surface area contributed by atoms with Gasteiger partial charge in [0.1, 0.15) is 0 Å². The first-order valence-electron chi connectivity index (χ1n) is 4.35. The van der Waals surface area contributed by atoms with Crippen molar-refractivity contribution < 1.29 is 14.5 Å². The van der Waals surface area contributed by atoms with Crippen molar-refractivity contribution in [2.75, 3.05) is 6.61 Å². The summed E-state index contributed by atoms with van der Waals surface area (Å²) in [7, 11) is 0. The van der Waals surface area contributed by atoms with E-state index in [2.05, 4.69) is 4.98 Å². The van der Waals surface area contributed by atoms with Crippen LogP contribution in [0.1, 0.15) is 23.0 Å². The third-order valence-electron chi connectivity index (χ3n) is 1.84. The van der Waals surface area contributed by atoms with Crippen molar-refractivity contribution in [2.45, 2.75) is 13.8 Å². The lowest BCUT2D eigenvalue weighted by atomic mass is 10.2. The van der Waals surface area contributed by atoms with Crippen LogP contribution < -0.4 is 0 Å². The Balaban J connectivity index is 3.15. The van der Waals surface area contributed by atoms with Crippen molar-refractivity contribution in [1.29, 1.82) is 0 Å². The van der Waals surface area contributed by atoms with E-state index in [1.54, 1.807) is 6.92 Å². The highest BCUT2D eigenvalue weighted by atomic mass is 16.6. The van der Waals surface area contributed by atoms with Gasteiger partial charge in [-0.2, -0.15) is 0 Å². The number of hydrogen-bond acceptors (Lipinski definition) is 5. The van der Waals surface area contributed by atoms with Gasteiger partial charge in [0.25, 0.3) is 5.69 Å². The van der Waals surface area contributed by atoms with Gasteiger partial charge in [0, 0.05) is 12.3 Å². The van der Waals surface area contributed by atoms with Crippen LogP contribution in [0.5, 0.6) is 0 Å². The Morgan fingerprint density at radius 3 is 2.87 bits per heavy atom. The van der Waals surface area contributed by atoms with Gasteiger partial charge in [0.15, 0.2) is 5.69 Å². The number of rotatable bonds is 3. The molecular weight excluding hydrogens is 200 g/mol. The average Bonchev–Trinajstić information content (AvgIpc) is 2.17. The van der Waals surface area contributed by atoms with Crippen LogP contribution in [-0.2, 0) is 4.74 Å². The smallest absolute Gasteiger partial charge is 0.357 e. The van der Waals surface area contributed by atoms with Crippen LogP contribution in [0, 0.1) is 17.0 Å². The lowest BCUT2D eigenvalue weighted by Crippen LogP contribution is -2.10. The molecule has 0 aliphatic rings. The first-order chi connectivity index (χ1) is 7.07. The lowest BCUT2D eigenvalue weighted by molar-refractivity contribution is -0.385. The molecule has 1 heterocycles. The molecule has 0 unspecified atom stereocenters. The standard InChI is InChI=1S/C9H10N2O4/c1-3-15-9(12)8-6(2)7(11(13)14)4-5-10-8/h4-5H,3H2,1-2H3. The number of carbonyl (C=O) groups excluding carboxylic acids is 1. The molecule has 6 heteroatoms. The average molecular weight is 210 g/mol. The maximum absolute atomic E-state index is 11.3. The number of nitro groups is 1. The molecule has 0 radical (unpaired) electrons. The number of ether oxygens (including phenoxy) is 1. The van der Waals surface area contributed by atoms with Crippen LogP contribution in [0.15, 0.2) is 12.3 Å². The van der Waals surface area contributed by atoms with E-state index in [1.165, 1.54) is 19.2 Å². The second kappa shape index (κ2) is 4.50. The fourth-order valence-corrected chi connectivity index (χ4v) is 1.13. The third kappa shape index (κ3) is 2.28. The summed E-state index contributed by atoms with van der Waals surface area (Å²) in [6.07, 6.45) is 1.22. The molecule has 0 N–H and O–H groups in total. The number of nitrogens with zero attached hydrogens (tertiary/aromatic N) is 2. The predicted molar refractivity (Wildman–Crippen MR) is 51.6 cm³/mol. The molecule has 1 rings (SSSR count). The fourth-order valence-electron chi connectivity index (χ4n) is 1.13. The quantitative estimate of drug-likeness (QED) is 0.428. The van der Waals surface area contributed by atoms with Gasteiger partial charge >= 0.3 is 5.97 Å². The summed E-state index contributed by atoms with van der Waals surface area (Å²) in [6.45, 7) is 3.34. The number of hydrogen-bond donors (Lipinski definition) is 0. The molecule has 0 aliphatic carbocycles. The number of pyridine rings is 1. The van der Waals surface area contributed by atoms with E-state index in [0.717, 1.165) is 0 Å². The van der Waals surface area contributed by atoms with Crippen LogP contribution in [0.4, 0.5) is 5.69 Å². The number of carbonyl (C=O) groups is 1. The van der Waals surface area contributed by atoms with E-state index in [-0.39, 0.29) is 23.6 Å². The molecule has 0 bridgehead atoms. The summed E-state index contributed by atoms with van der Waals surface area (Å²) in [5, 5.41) is 10.6. The second-order valence-corrected chi connectivity index (χ2v) is 2.78. The summed E-state index contributed by atoms with van der Waals surface area (Å²) in [5.74, 6) is -0.640. The molecule has 1 aromatic heterocycles. The van der Waals surface area contributed by atoms with Gasteiger partial charge in [0.2, 0.25) is 0 Å². The highest BCUT2D eigenvalue weighted by Gasteiger charge is 2.19. The fraction of sp³-hybridized carbons (Fsp3) is 0.333. The van der Waals surface area contributed by atoms with Crippen molar-refractivity contribution >= 4 is 11.7 Å². The van der Waals surface area contributed by atoms with E-state index < -0.39 is 10.9 Å². The normalized spacial score (nSPS) is 9.73. The minimum atomic E-state index is -0.640. The molecule has 0 spiro atoms. The highest BCUT2D eigenvalue weighted by molar-refractivity contribution is 5.89. The van der Waals surface area contributed by atoms with E-state index in [1.807, 2.05) is 0 Å². The zero-order valence-electron chi connectivity index (χ0n) is 8.39.